The second-order valence-electron chi connectivity index (χ2n) is 2.70. The van der Waals surface area contributed by atoms with Crippen LogP contribution in [0.4, 0.5) is 8.78 Å². The van der Waals surface area contributed by atoms with E-state index in [-0.39, 0.29) is 16.3 Å². The van der Waals surface area contributed by atoms with E-state index in [1.807, 2.05) is 0 Å². The number of aliphatic carboxylic acids is 1. The predicted octanol–water partition coefficient (Wildman–Crippen LogP) is 2.57. The molecular weight excluding hydrogens is 230 g/mol. The van der Waals surface area contributed by atoms with E-state index in [9.17, 15) is 13.6 Å². The number of rotatable bonds is 4. The molecule has 15 heavy (non-hydrogen) atoms. The molecule has 0 atom stereocenters. The van der Waals surface area contributed by atoms with Crippen LogP contribution in [-0.2, 0) is 11.2 Å². The molecule has 0 radical (unpaired) electrons. The molecule has 3 nitrogen and oxygen atoms in total. The third kappa shape index (κ3) is 3.71. The number of halogens is 3. The highest BCUT2D eigenvalue weighted by Crippen LogP contribution is 2.24. The Labute approximate surface area is 89.2 Å². The maximum absolute atomic E-state index is 11.9. The van der Waals surface area contributed by atoms with Gasteiger partial charge in [-0.1, -0.05) is 11.6 Å². The van der Waals surface area contributed by atoms with Crippen molar-refractivity contribution >= 4 is 17.6 Å². The standard InChI is InChI=1S/C9H7ClF2O3/c10-6-1-2-7(15-9(11)12)5(3-6)4-8(13)14/h1-3,9H,4H2,(H,13,14). The Kier molecular flexibility index (Phi) is 3.85. The summed E-state index contributed by atoms with van der Waals surface area (Å²) in [6, 6.07) is 3.85. The van der Waals surface area contributed by atoms with E-state index >= 15 is 0 Å². The topological polar surface area (TPSA) is 46.5 Å². The molecule has 1 rings (SSSR count). The Morgan fingerprint density at radius 3 is 2.73 bits per heavy atom. The molecule has 0 heterocycles. The highest BCUT2D eigenvalue weighted by molar-refractivity contribution is 6.30. The number of carboxylic acids is 1. The molecule has 0 fully saturated rings. The van der Waals surface area contributed by atoms with Crippen molar-refractivity contribution < 1.29 is 23.4 Å². The fourth-order valence-corrected chi connectivity index (χ4v) is 1.25. The molecule has 0 amide bonds. The molecule has 0 aliphatic heterocycles. The monoisotopic (exact) mass is 236 g/mol. The minimum absolute atomic E-state index is 0.121. The molecule has 0 bridgehead atoms. The van der Waals surface area contributed by atoms with E-state index in [1.165, 1.54) is 18.2 Å². The quantitative estimate of drug-likeness (QED) is 0.874. The number of benzene rings is 1. The van der Waals surface area contributed by atoms with Crippen LogP contribution in [-0.4, -0.2) is 17.7 Å². The van der Waals surface area contributed by atoms with Gasteiger partial charge in [-0.3, -0.25) is 4.79 Å². The Balaban J connectivity index is 2.97. The Morgan fingerprint density at radius 2 is 2.20 bits per heavy atom. The summed E-state index contributed by atoms with van der Waals surface area (Å²) in [5.74, 6) is -1.31. The van der Waals surface area contributed by atoms with E-state index in [4.69, 9.17) is 16.7 Å². The molecule has 0 spiro atoms. The number of hydrogen-bond acceptors (Lipinski definition) is 2. The SMILES string of the molecule is O=C(O)Cc1cc(Cl)ccc1OC(F)F. The summed E-state index contributed by atoms with van der Waals surface area (Å²) in [6.45, 7) is -2.99. The summed E-state index contributed by atoms with van der Waals surface area (Å²) >= 11 is 5.60. The summed E-state index contributed by atoms with van der Waals surface area (Å²) in [5.41, 5.74) is 0.121. The lowest BCUT2D eigenvalue weighted by Crippen LogP contribution is -2.07. The van der Waals surface area contributed by atoms with Gasteiger partial charge >= 0.3 is 12.6 Å². The molecule has 1 aromatic rings. The van der Waals surface area contributed by atoms with Crippen LogP contribution in [0.3, 0.4) is 0 Å². The molecule has 6 heteroatoms. The minimum Gasteiger partial charge on any atom is -0.481 e. The van der Waals surface area contributed by atoms with Gasteiger partial charge in [-0.2, -0.15) is 8.78 Å². The van der Waals surface area contributed by atoms with Gasteiger partial charge < -0.3 is 9.84 Å². The molecule has 0 aliphatic carbocycles. The maximum atomic E-state index is 11.9. The van der Waals surface area contributed by atoms with Crippen molar-refractivity contribution in [1.82, 2.24) is 0 Å². The van der Waals surface area contributed by atoms with Gasteiger partial charge in [-0.25, -0.2) is 0 Å². The van der Waals surface area contributed by atoms with Crippen LogP contribution in [0.5, 0.6) is 5.75 Å². The van der Waals surface area contributed by atoms with Gasteiger partial charge in [0.15, 0.2) is 0 Å². The van der Waals surface area contributed by atoms with Crippen LogP contribution < -0.4 is 4.74 Å². The third-order valence-electron chi connectivity index (χ3n) is 1.58. The van der Waals surface area contributed by atoms with Crippen LogP contribution >= 0.6 is 11.6 Å². The van der Waals surface area contributed by atoms with Crippen LogP contribution in [0.25, 0.3) is 0 Å². The average molecular weight is 237 g/mol. The first-order valence-electron chi connectivity index (χ1n) is 3.94. The Bertz CT molecular complexity index is 368. The van der Waals surface area contributed by atoms with E-state index in [2.05, 4.69) is 4.74 Å². The van der Waals surface area contributed by atoms with E-state index < -0.39 is 19.0 Å². The van der Waals surface area contributed by atoms with Crippen molar-refractivity contribution in [3.8, 4) is 5.75 Å². The second kappa shape index (κ2) is 4.93. The normalized spacial score (nSPS) is 10.4. The molecule has 0 saturated carbocycles. The van der Waals surface area contributed by atoms with Gasteiger partial charge in [0, 0.05) is 10.6 Å². The van der Waals surface area contributed by atoms with Crippen LogP contribution in [0.1, 0.15) is 5.56 Å². The minimum atomic E-state index is -2.99. The van der Waals surface area contributed by atoms with Crippen molar-refractivity contribution in [2.24, 2.45) is 0 Å². The zero-order chi connectivity index (χ0) is 11.4. The summed E-state index contributed by atoms with van der Waals surface area (Å²) < 4.78 is 28.0. The molecular formula is C9H7ClF2O3. The number of ether oxygens (including phenoxy) is 1. The first-order valence-corrected chi connectivity index (χ1v) is 4.32. The molecule has 1 N–H and O–H groups in total. The fraction of sp³-hybridized carbons (Fsp3) is 0.222. The van der Waals surface area contributed by atoms with Crippen LogP contribution in [0.15, 0.2) is 18.2 Å². The highest BCUT2D eigenvalue weighted by Gasteiger charge is 2.12. The van der Waals surface area contributed by atoms with Crippen LogP contribution in [0.2, 0.25) is 5.02 Å². The van der Waals surface area contributed by atoms with E-state index in [0.29, 0.717) is 0 Å². The first kappa shape index (κ1) is 11.7. The lowest BCUT2D eigenvalue weighted by molar-refractivity contribution is -0.136. The first-order chi connectivity index (χ1) is 6.99. The summed E-state index contributed by atoms with van der Waals surface area (Å²) in [6.07, 6.45) is -0.414. The molecule has 0 aliphatic rings. The van der Waals surface area contributed by atoms with E-state index in [0.717, 1.165) is 0 Å². The third-order valence-corrected chi connectivity index (χ3v) is 1.82. The highest BCUT2D eigenvalue weighted by atomic mass is 35.5. The van der Waals surface area contributed by atoms with Gasteiger partial charge in [-0.15, -0.1) is 0 Å². The molecule has 0 aromatic heterocycles. The zero-order valence-electron chi connectivity index (χ0n) is 7.41. The number of carbonyl (C=O) groups is 1. The van der Waals surface area contributed by atoms with Crippen molar-refractivity contribution in [3.63, 3.8) is 0 Å². The summed E-state index contributed by atoms with van der Waals surface area (Å²) in [4.78, 5) is 10.4. The van der Waals surface area contributed by atoms with Gasteiger partial charge in [0.05, 0.1) is 6.42 Å². The van der Waals surface area contributed by atoms with Gasteiger partial charge in [0.25, 0.3) is 0 Å². The smallest absolute Gasteiger partial charge is 0.387 e. The number of alkyl halides is 2. The average Bonchev–Trinajstić information content (AvgIpc) is 2.08. The second-order valence-corrected chi connectivity index (χ2v) is 3.14. The van der Waals surface area contributed by atoms with Crippen molar-refractivity contribution in [2.75, 3.05) is 0 Å². The molecule has 0 saturated heterocycles. The van der Waals surface area contributed by atoms with Gasteiger partial charge in [0.1, 0.15) is 5.75 Å². The zero-order valence-corrected chi connectivity index (χ0v) is 8.17. The lowest BCUT2D eigenvalue weighted by Gasteiger charge is -2.09. The lowest BCUT2D eigenvalue weighted by atomic mass is 10.1. The Hall–Kier alpha value is -1.36. The van der Waals surface area contributed by atoms with Gasteiger partial charge in [-0.05, 0) is 18.2 Å². The Morgan fingerprint density at radius 1 is 1.53 bits per heavy atom. The predicted molar refractivity (Wildman–Crippen MR) is 49.4 cm³/mol. The van der Waals surface area contributed by atoms with Crippen molar-refractivity contribution in [2.45, 2.75) is 13.0 Å². The summed E-state index contributed by atoms with van der Waals surface area (Å²) in [7, 11) is 0. The number of carboxylic acid groups (broad SMARTS) is 1. The van der Waals surface area contributed by atoms with Crippen molar-refractivity contribution in [1.29, 1.82) is 0 Å². The van der Waals surface area contributed by atoms with E-state index in [1.54, 1.807) is 0 Å². The molecule has 1 aromatic carbocycles. The van der Waals surface area contributed by atoms with Gasteiger partial charge in [0.2, 0.25) is 0 Å². The maximum Gasteiger partial charge on any atom is 0.387 e. The molecule has 0 unspecified atom stereocenters. The fourth-order valence-electron chi connectivity index (χ4n) is 1.06. The van der Waals surface area contributed by atoms with Crippen LogP contribution in [0, 0.1) is 0 Å². The summed E-state index contributed by atoms with van der Waals surface area (Å²) in [5, 5.41) is 8.80. The van der Waals surface area contributed by atoms with Crippen molar-refractivity contribution in [3.05, 3.63) is 28.8 Å². The largest absolute Gasteiger partial charge is 0.481 e. The molecule has 82 valence electrons. The number of hydrogen-bond donors (Lipinski definition) is 1.